The molecule has 108 valence electrons. The molecular weight excluding hydrogens is 252 g/mol. The van der Waals surface area contributed by atoms with Crippen molar-refractivity contribution in [2.45, 2.75) is 6.10 Å². The lowest BCUT2D eigenvalue weighted by molar-refractivity contribution is -0.161. The standard InChI is InChI=1S/C12H20N2O5/c1-17-12(16)10-8-13(2-7-19-10)9-11(15)14-3-5-18-6-4-14/h10H,2-9H2,1H3. The second-order valence-electron chi connectivity index (χ2n) is 4.61. The highest BCUT2D eigenvalue weighted by molar-refractivity contribution is 5.79. The molecule has 2 rings (SSSR count). The number of methoxy groups -OCH3 is 1. The number of carbonyl (C=O) groups excluding carboxylic acids is 2. The Hall–Kier alpha value is -1.18. The number of carbonyl (C=O) groups is 2. The van der Waals surface area contributed by atoms with Crippen molar-refractivity contribution in [3.05, 3.63) is 0 Å². The van der Waals surface area contributed by atoms with Crippen molar-refractivity contribution in [2.24, 2.45) is 0 Å². The van der Waals surface area contributed by atoms with E-state index in [1.807, 2.05) is 4.90 Å². The van der Waals surface area contributed by atoms with Crippen LogP contribution in [0.5, 0.6) is 0 Å². The van der Waals surface area contributed by atoms with Crippen LogP contribution in [0.2, 0.25) is 0 Å². The maximum atomic E-state index is 12.1. The number of rotatable bonds is 3. The third kappa shape index (κ3) is 3.89. The van der Waals surface area contributed by atoms with Gasteiger partial charge in [-0.25, -0.2) is 4.79 Å². The summed E-state index contributed by atoms with van der Waals surface area (Å²) in [5.74, 6) is -0.308. The minimum Gasteiger partial charge on any atom is -0.467 e. The highest BCUT2D eigenvalue weighted by atomic mass is 16.6. The van der Waals surface area contributed by atoms with E-state index in [2.05, 4.69) is 4.74 Å². The molecule has 0 spiro atoms. The van der Waals surface area contributed by atoms with Gasteiger partial charge >= 0.3 is 5.97 Å². The molecule has 0 aliphatic carbocycles. The Morgan fingerprint density at radius 1 is 1.21 bits per heavy atom. The lowest BCUT2D eigenvalue weighted by Crippen LogP contribution is -2.51. The van der Waals surface area contributed by atoms with E-state index in [-0.39, 0.29) is 11.9 Å². The van der Waals surface area contributed by atoms with Gasteiger partial charge in [-0.2, -0.15) is 0 Å². The van der Waals surface area contributed by atoms with Crippen LogP contribution in [0.25, 0.3) is 0 Å². The Morgan fingerprint density at radius 3 is 2.63 bits per heavy atom. The third-order valence-electron chi connectivity index (χ3n) is 3.34. The summed E-state index contributed by atoms with van der Waals surface area (Å²) in [6.45, 7) is 4.30. The van der Waals surface area contributed by atoms with Crippen molar-refractivity contribution in [2.75, 3.05) is 59.7 Å². The fourth-order valence-corrected chi connectivity index (χ4v) is 2.22. The molecule has 1 amide bonds. The van der Waals surface area contributed by atoms with Crippen molar-refractivity contribution in [1.82, 2.24) is 9.80 Å². The van der Waals surface area contributed by atoms with E-state index in [0.717, 1.165) is 0 Å². The first-order valence-corrected chi connectivity index (χ1v) is 6.48. The minimum atomic E-state index is -0.587. The molecule has 1 unspecified atom stereocenters. The van der Waals surface area contributed by atoms with Crippen molar-refractivity contribution in [1.29, 1.82) is 0 Å². The second kappa shape index (κ2) is 6.83. The summed E-state index contributed by atoms with van der Waals surface area (Å²) < 4.78 is 15.2. The number of esters is 1. The van der Waals surface area contributed by atoms with Crippen LogP contribution in [-0.2, 0) is 23.8 Å². The highest BCUT2D eigenvalue weighted by Crippen LogP contribution is 2.08. The van der Waals surface area contributed by atoms with E-state index < -0.39 is 6.10 Å². The Morgan fingerprint density at radius 2 is 1.95 bits per heavy atom. The molecule has 0 N–H and O–H groups in total. The number of hydrogen-bond donors (Lipinski definition) is 0. The summed E-state index contributed by atoms with van der Waals surface area (Å²) in [4.78, 5) is 27.2. The molecule has 2 saturated heterocycles. The van der Waals surface area contributed by atoms with Crippen LogP contribution in [-0.4, -0.2) is 87.4 Å². The van der Waals surface area contributed by atoms with E-state index in [1.54, 1.807) is 4.90 Å². The molecule has 7 nitrogen and oxygen atoms in total. The van der Waals surface area contributed by atoms with E-state index in [0.29, 0.717) is 52.5 Å². The maximum absolute atomic E-state index is 12.1. The van der Waals surface area contributed by atoms with Crippen LogP contribution >= 0.6 is 0 Å². The van der Waals surface area contributed by atoms with Crippen molar-refractivity contribution in [3.8, 4) is 0 Å². The van der Waals surface area contributed by atoms with Crippen molar-refractivity contribution < 1.29 is 23.8 Å². The average Bonchev–Trinajstić information content (AvgIpc) is 2.47. The summed E-state index contributed by atoms with van der Waals surface area (Å²) >= 11 is 0. The normalized spacial score (nSPS) is 25.1. The van der Waals surface area contributed by atoms with Crippen LogP contribution in [0, 0.1) is 0 Å². The number of morpholine rings is 2. The van der Waals surface area contributed by atoms with Crippen molar-refractivity contribution in [3.63, 3.8) is 0 Å². The lowest BCUT2D eigenvalue weighted by atomic mass is 10.2. The van der Waals surface area contributed by atoms with Gasteiger partial charge in [0, 0.05) is 26.2 Å². The molecule has 7 heteroatoms. The van der Waals surface area contributed by atoms with Gasteiger partial charge in [0.15, 0.2) is 6.10 Å². The first-order valence-electron chi connectivity index (χ1n) is 6.48. The molecule has 0 bridgehead atoms. The number of ether oxygens (including phenoxy) is 3. The van der Waals surface area contributed by atoms with E-state index >= 15 is 0 Å². The van der Waals surface area contributed by atoms with Gasteiger partial charge in [0.2, 0.25) is 5.91 Å². The van der Waals surface area contributed by atoms with Gasteiger partial charge in [0.1, 0.15) is 0 Å². The van der Waals surface area contributed by atoms with Gasteiger partial charge in [-0.1, -0.05) is 0 Å². The number of nitrogens with zero attached hydrogens (tertiary/aromatic N) is 2. The molecule has 0 saturated carbocycles. The van der Waals surface area contributed by atoms with Gasteiger partial charge in [0.05, 0.1) is 33.5 Å². The molecule has 2 fully saturated rings. The smallest absolute Gasteiger partial charge is 0.336 e. The molecule has 0 radical (unpaired) electrons. The summed E-state index contributed by atoms with van der Waals surface area (Å²) in [6.07, 6.45) is -0.587. The van der Waals surface area contributed by atoms with Gasteiger partial charge in [-0.05, 0) is 0 Å². The highest BCUT2D eigenvalue weighted by Gasteiger charge is 2.29. The summed E-state index contributed by atoms with van der Waals surface area (Å²) in [6, 6.07) is 0. The van der Waals surface area contributed by atoms with Crippen LogP contribution < -0.4 is 0 Å². The number of amides is 1. The van der Waals surface area contributed by atoms with Gasteiger partial charge in [-0.3, -0.25) is 9.69 Å². The molecule has 1 atom stereocenters. The average molecular weight is 272 g/mol. The fourth-order valence-electron chi connectivity index (χ4n) is 2.22. The number of hydrogen-bond acceptors (Lipinski definition) is 6. The zero-order valence-corrected chi connectivity index (χ0v) is 11.2. The molecule has 19 heavy (non-hydrogen) atoms. The molecule has 0 aromatic rings. The third-order valence-corrected chi connectivity index (χ3v) is 3.34. The molecule has 0 aromatic carbocycles. The predicted molar refractivity (Wildman–Crippen MR) is 65.6 cm³/mol. The Labute approximate surface area is 112 Å². The predicted octanol–water partition coefficient (Wildman–Crippen LogP) is -1.28. The van der Waals surface area contributed by atoms with Gasteiger partial charge in [-0.15, -0.1) is 0 Å². The lowest BCUT2D eigenvalue weighted by Gasteiger charge is -2.33. The quantitative estimate of drug-likeness (QED) is 0.596. The first kappa shape index (κ1) is 14.2. The minimum absolute atomic E-state index is 0.0776. The van der Waals surface area contributed by atoms with Gasteiger partial charge in [0.25, 0.3) is 0 Å². The zero-order valence-electron chi connectivity index (χ0n) is 11.2. The maximum Gasteiger partial charge on any atom is 0.336 e. The SMILES string of the molecule is COC(=O)C1CN(CC(=O)N2CCOCC2)CCO1. The van der Waals surface area contributed by atoms with Gasteiger partial charge < -0.3 is 19.1 Å². The van der Waals surface area contributed by atoms with Crippen LogP contribution in [0.3, 0.4) is 0 Å². The first-order chi connectivity index (χ1) is 9.20. The fraction of sp³-hybridized carbons (Fsp3) is 0.833. The van der Waals surface area contributed by atoms with Crippen LogP contribution in [0.15, 0.2) is 0 Å². The Kier molecular flexibility index (Phi) is 5.12. The Bertz CT molecular complexity index is 330. The van der Waals surface area contributed by atoms with E-state index in [9.17, 15) is 9.59 Å². The molecule has 2 aliphatic rings. The van der Waals surface area contributed by atoms with Crippen molar-refractivity contribution >= 4 is 11.9 Å². The second-order valence-corrected chi connectivity index (χ2v) is 4.61. The van der Waals surface area contributed by atoms with E-state index in [1.165, 1.54) is 7.11 Å². The largest absolute Gasteiger partial charge is 0.467 e. The summed E-state index contributed by atoms with van der Waals surface area (Å²) in [5.41, 5.74) is 0. The molecule has 0 aromatic heterocycles. The van der Waals surface area contributed by atoms with Crippen LogP contribution in [0.1, 0.15) is 0 Å². The molecular formula is C12H20N2O5. The van der Waals surface area contributed by atoms with Crippen LogP contribution in [0.4, 0.5) is 0 Å². The molecule has 2 aliphatic heterocycles. The molecule has 2 heterocycles. The summed E-state index contributed by atoms with van der Waals surface area (Å²) in [7, 11) is 1.34. The summed E-state index contributed by atoms with van der Waals surface area (Å²) in [5, 5.41) is 0. The monoisotopic (exact) mass is 272 g/mol. The Balaban J connectivity index is 1.81. The topological polar surface area (TPSA) is 68.3 Å². The van der Waals surface area contributed by atoms with E-state index in [4.69, 9.17) is 9.47 Å². The zero-order chi connectivity index (χ0) is 13.7.